The molecule has 0 amide bonds. The molecule has 2 bridgehead atoms. The molecule has 0 aromatic carbocycles. The van der Waals surface area contributed by atoms with E-state index in [0.717, 1.165) is 35.8 Å². The van der Waals surface area contributed by atoms with Gasteiger partial charge in [-0.3, -0.25) is 0 Å². The van der Waals surface area contributed by atoms with Crippen molar-refractivity contribution in [2.45, 2.75) is 63.7 Å². The van der Waals surface area contributed by atoms with Crippen LogP contribution >= 0.6 is 0 Å². The maximum atomic E-state index is 3.89. The van der Waals surface area contributed by atoms with E-state index in [1.807, 2.05) is 0 Å². The molecule has 3 N–H and O–H groups in total. The molecule has 3 nitrogen and oxygen atoms in total. The maximum absolute atomic E-state index is 3.89. The highest BCUT2D eigenvalue weighted by Gasteiger charge is 2.47. The molecule has 4 aliphatic rings. The number of hydrogen-bond donors (Lipinski definition) is 3. The third kappa shape index (κ3) is 2.14. The molecule has 8 unspecified atom stereocenters. The molecule has 2 aliphatic heterocycles. The second-order valence-corrected chi connectivity index (χ2v) is 7.77. The highest BCUT2D eigenvalue weighted by atomic mass is 15.1. The average Bonchev–Trinajstić information content (AvgIpc) is 2.39. The van der Waals surface area contributed by atoms with Crippen molar-refractivity contribution >= 4 is 0 Å². The Morgan fingerprint density at radius 3 is 2.21 bits per heavy atom. The lowest BCUT2D eigenvalue weighted by atomic mass is 9.59. The Labute approximate surface area is 117 Å². The van der Waals surface area contributed by atoms with Crippen LogP contribution in [0.4, 0.5) is 0 Å². The van der Waals surface area contributed by atoms with Gasteiger partial charge in [0.05, 0.1) is 0 Å². The molecule has 3 heteroatoms. The van der Waals surface area contributed by atoms with Gasteiger partial charge in [-0.2, -0.15) is 0 Å². The molecule has 2 aliphatic carbocycles. The Kier molecular flexibility index (Phi) is 3.13. The van der Waals surface area contributed by atoms with E-state index >= 15 is 0 Å². The van der Waals surface area contributed by atoms with Gasteiger partial charge in [0.2, 0.25) is 0 Å². The van der Waals surface area contributed by atoms with Crippen molar-refractivity contribution in [1.82, 2.24) is 16.0 Å². The van der Waals surface area contributed by atoms with Crippen molar-refractivity contribution in [3.8, 4) is 0 Å². The van der Waals surface area contributed by atoms with Gasteiger partial charge in [0.1, 0.15) is 0 Å². The van der Waals surface area contributed by atoms with Crippen molar-refractivity contribution in [3.05, 3.63) is 0 Å². The summed E-state index contributed by atoms with van der Waals surface area (Å²) in [6, 6.07) is 2.71. The number of piperidine rings is 1. The van der Waals surface area contributed by atoms with Crippen LogP contribution in [0.2, 0.25) is 0 Å². The summed E-state index contributed by atoms with van der Waals surface area (Å²) in [5.74, 6) is 3.93. The summed E-state index contributed by atoms with van der Waals surface area (Å²) in [5, 5.41) is 11.5. The van der Waals surface area contributed by atoms with Crippen molar-refractivity contribution in [2.24, 2.45) is 23.7 Å². The Balaban J connectivity index is 1.51. The molecule has 2 heterocycles. The van der Waals surface area contributed by atoms with Crippen LogP contribution in [0.15, 0.2) is 0 Å². The Bertz CT molecular complexity index is 345. The van der Waals surface area contributed by atoms with Crippen molar-refractivity contribution in [2.75, 3.05) is 13.1 Å². The smallest absolute Gasteiger partial charge is 0.0227 e. The van der Waals surface area contributed by atoms with E-state index in [1.165, 1.54) is 38.8 Å². The molecule has 4 fully saturated rings. The summed E-state index contributed by atoms with van der Waals surface area (Å²) in [6.45, 7) is 7.24. The highest BCUT2D eigenvalue weighted by molar-refractivity contribution is 5.04. The number of piperazine rings is 1. The van der Waals surface area contributed by atoms with E-state index in [9.17, 15) is 0 Å². The predicted molar refractivity (Wildman–Crippen MR) is 78.1 cm³/mol. The third-order valence-electron chi connectivity index (χ3n) is 6.60. The van der Waals surface area contributed by atoms with Crippen LogP contribution in [-0.2, 0) is 0 Å². The van der Waals surface area contributed by atoms with Crippen LogP contribution < -0.4 is 16.0 Å². The van der Waals surface area contributed by atoms with Crippen LogP contribution in [0.1, 0.15) is 39.5 Å². The molecule has 4 rings (SSSR count). The van der Waals surface area contributed by atoms with Crippen LogP contribution in [-0.4, -0.2) is 37.3 Å². The SMILES string of the molecule is CC1NC2CC3CC4CNCC(C4)C3CC2NC1C. The van der Waals surface area contributed by atoms with Gasteiger partial charge in [0, 0.05) is 24.2 Å². The zero-order valence-electron chi connectivity index (χ0n) is 12.4. The van der Waals surface area contributed by atoms with Crippen LogP contribution in [0, 0.1) is 23.7 Å². The van der Waals surface area contributed by atoms with Gasteiger partial charge >= 0.3 is 0 Å². The molecular formula is C16H29N3. The van der Waals surface area contributed by atoms with Crippen molar-refractivity contribution in [3.63, 3.8) is 0 Å². The fraction of sp³-hybridized carbons (Fsp3) is 1.00. The monoisotopic (exact) mass is 263 g/mol. The van der Waals surface area contributed by atoms with Gasteiger partial charge in [-0.15, -0.1) is 0 Å². The van der Waals surface area contributed by atoms with Gasteiger partial charge in [-0.25, -0.2) is 0 Å². The molecule has 0 aromatic heterocycles. The zero-order valence-corrected chi connectivity index (χ0v) is 12.4. The summed E-state index contributed by atoms with van der Waals surface area (Å²) >= 11 is 0. The van der Waals surface area contributed by atoms with Crippen LogP contribution in [0.5, 0.6) is 0 Å². The largest absolute Gasteiger partial charge is 0.316 e. The van der Waals surface area contributed by atoms with E-state index in [0.29, 0.717) is 12.1 Å². The fourth-order valence-corrected chi connectivity index (χ4v) is 5.50. The van der Waals surface area contributed by atoms with Crippen LogP contribution in [0.3, 0.4) is 0 Å². The minimum absolute atomic E-state index is 0.624. The standard InChI is InChI=1S/C16H29N3/c1-9-10(2)19-16-6-14-12(5-15(16)18-9)3-11-4-13(14)8-17-7-11/h9-19H,3-8H2,1-2H3. The van der Waals surface area contributed by atoms with Gasteiger partial charge in [-0.1, -0.05) is 0 Å². The fourth-order valence-electron chi connectivity index (χ4n) is 5.50. The first kappa shape index (κ1) is 12.6. The minimum atomic E-state index is 0.624. The minimum Gasteiger partial charge on any atom is -0.316 e. The number of fused-ring (bicyclic) bond motifs is 5. The Morgan fingerprint density at radius 2 is 1.42 bits per heavy atom. The number of rotatable bonds is 0. The van der Waals surface area contributed by atoms with Crippen molar-refractivity contribution < 1.29 is 0 Å². The third-order valence-corrected chi connectivity index (χ3v) is 6.60. The van der Waals surface area contributed by atoms with E-state index in [4.69, 9.17) is 0 Å². The summed E-state index contributed by atoms with van der Waals surface area (Å²) in [7, 11) is 0. The van der Waals surface area contributed by atoms with E-state index in [1.54, 1.807) is 0 Å². The molecule has 0 radical (unpaired) electrons. The molecule has 0 spiro atoms. The predicted octanol–water partition coefficient (Wildman–Crippen LogP) is 1.35. The van der Waals surface area contributed by atoms with E-state index in [-0.39, 0.29) is 0 Å². The Morgan fingerprint density at radius 1 is 0.737 bits per heavy atom. The topological polar surface area (TPSA) is 36.1 Å². The first-order valence-corrected chi connectivity index (χ1v) is 8.43. The Hall–Kier alpha value is -0.120. The molecule has 0 aromatic rings. The lowest BCUT2D eigenvalue weighted by Crippen LogP contribution is -2.67. The number of nitrogens with one attached hydrogen (secondary N) is 3. The maximum Gasteiger partial charge on any atom is 0.0227 e. The molecule has 108 valence electrons. The molecule has 19 heavy (non-hydrogen) atoms. The first-order chi connectivity index (χ1) is 9.20. The molecular weight excluding hydrogens is 234 g/mol. The summed E-state index contributed by atoms with van der Waals surface area (Å²) < 4.78 is 0. The first-order valence-electron chi connectivity index (χ1n) is 8.43. The highest BCUT2D eigenvalue weighted by Crippen LogP contribution is 2.47. The quantitative estimate of drug-likeness (QED) is 0.617. The lowest BCUT2D eigenvalue weighted by Gasteiger charge is -2.54. The lowest BCUT2D eigenvalue weighted by molar-refractivity contribution is 0.00561. The van der Waals surface area contributed by atoms with Crippen LogP contribution in [0.25, 0.3) is 0 Å². The van der Waals surface area contributed by atoms with Crippen molar-refractivity contribution in [1.29, 1.82) is 0 Å². The average molecular weight is 263 g/mol. The molecule has 8 atom stereocenters. The van der Waals surface area contributed by atoms with Gasteiger partial charge in [-0.05, 0) is 76.3 Å². The summed E-state index contributed by atoms with van der Waals surface area (Å²) in [5.41, 5.74) is 0. The van der Waals surface area contributed by atoms with Gasteiger partial charge in [0.25, 0.3) is 0 Å². The normalized spacial score (nSPS) is 57.2. The zero-order chi connectivity index (χ0) is 13.0. The molecule has 2 saturated heterocycles. The second-order valence-electron chi connectivity index (χ2n) is 7.77. The molecule has 2 saturated carbocycles. The number of hydrogen-bond acceptors (Lipinski definition) is 3. The second kappa shape index (κ2) is 4.71. The van der Waals surface area contributed by atoms with E-state index in [2.05, 4.69) is 29.8 Å². The summed E-state index contributed by atoms with van der Waals surface area (Å²) in [4.78, 5) is 0. The van der Waals surface area contributed by atoms with Gasteiger partial charge < -0.3 is 16.0 Å². The van der Waals surface area contributed by atoms with E-state index < -0.39 is 0 Å². The summed E-state index contributed by atoms with van der Waals surface area (Å²) in [6.07, 6.45) is 5.83. The van der Waals surface area contributed by atoms with Gasteiger partial charge in [0.15, 0.2) is 0 Å².